The summed E-state index contributed by atoms with van der Waals surface area (Å²) in [4.78, 5) is 14.0. The van der Waals surface area contributed by atoms with E-state index in [1.807, 2.05) is 11.0 Å². The topological polar surface area (TPSA) is 20.3 Å². The number of benzene rings is 1. The van der Waals surface area contributed by atoms with Crippen molar-refractivity contribution in [2.24, 2.45) is 0 Å². The fourth-order valence-corrected chi connectivity index (χ4v) is 3.77. The summed E-state index contributed by atoms with van der Waals surface area (Å²) in [6.45, 7) is 4.02. The van der Waals surface area contributed by atoms with Crippen LogP contribution in [0.5, 0.6) is 0 Å². The summed E-state index contributed by atoms with van der Waals surface area (Å²) in [6.07, 6.45) is 4.88. The van der Waals surface area contributed by atoms with E-state index >= 15 is 0 Å². The van der Waals surface area contributed by atoms with Gasteiger partial charge in [-0.3, -0.25) is 4.79 Å². The zero-order valence-electron chi connectivity index (χ0n) is 10.6. The number of para-hydroxylation sites is 1. The number of carbonyl (C=O) groups is 1. The first-order valence-corrected chi connectivity index (χ1v) is 6.54. The molecule has 3 rings (SSSR count). The maximum atomic E-state index is 11.9. The van der Waals surface area contributed by atoms with Crippen LogP contribution >= 0.6 is 0 Å². The molecule has 2 atom stereocenters. The Balaban J connectivity index is 2.18. The van der Waals surface area contributed by atoms with E-state index in [1.54, 1.807) is 6.92 Å². The molecule has 1 amide bonds. The zero-order chi connectivity index (χ0) is 12.0. The van der Waals surface area contributed by atoms with E-state index in [0.29, 0.717) is 6.04 Å². The Kier molecular flexibility index (Phi) is 2.29. The van der Waals surface area contributed by atoms with Gasteiger partial charge in [-0.25, -0.2) is 0 Å². The number of fused-ring (bicyclic) bond motifs is 3. The highest BCUT2D eigenvalue weighted by atomic mass is 16.2. The Bertz CT molecular complexity index is 468. The van der Waals surface area contributed by atoms with E-state index in [2.05, 4.69) is 25.1 Å². The van der Waals surface area contributed by atoms with Crippen LogP contribution < -0.4 is 4.90 Å². The second-order valence-corrected chi connectivity index (χ2v) is 5.59. The molecular formula is C15H19NO. The van der Waals surface area contributed by atoms with E-state index in [9.17, 15) is 4.79 Å². The fraction of sp³-hybridized carbons (Fsp3) is 0.533. The molecule has 0 radical (unpaired) electrons. The Morgan fingerprint density at radius 1 is 1.35 bits per heavy atom. The van der Waals surface area contributed by atoms with Gasteiger partial charge in [-0.15, -0.1) is 0 Å². The van der Waals surface area contributed by atoms with Crippen molar-refractivity contribution in [3.05, 3.63) is 29.8 Å². The van der Waals surface area contributed by atoms with E-state index in [-0.39, 0.29) is 11.3 Å². The maximum Gasteiger partial charge on any atom is 0.224 e. The first-order valence-electron chi connectivity index (χ1n) is 6.54. The van der Waals surface area contributed by atoms with Gasteiger partial charge >= 0.3 is 0 Å². The zero-order valence-corrected chi connectivity index (χ0v) is 10.6. The third-order valence-electron chi connectivity index (χ3n) is 4.59. The quantitative estimate of drug-likeness (QED) is 0.668. The predicted octanol–water partition coefficient (Wildman–Crippen LogP) is 3.25. The molecular weight excluding hydrogens is 210 g/mol. The number of anilines is 1. The van der Waals surface area contributed by atoms with Crippen molar-refractivity contribution in [2.75, 3.05) is 4.90 Å². The lowest BCUT2D eigenvalue weighted by Crippen LogP contribution is -2.47. The Hall–Kier alpha value is -1.31. The highest BCUT2D eigenvalue weighted by molar-refractivity contribution is 5.95. The lowest BCUT2D eigenvalue weighted by atomic mass is 9.69. The van der Waals surface area contributed by atoms with Gasteiger partial charge in [-0.1, -0.05) is 38.0 Å². The molecule has 1 fully saturated rings. The molecule has 17 heavy (non-hydrogen) atoms. The minimum Gasteiger partial charge on any atom is -0.308 e. The second-order valence-electron chi connectivity index (χ2n) is 5.59. The smallest absolute Gasteiger partial charge is 0.224 e. The summed E-state index contributed by atoms with van der Waals surface area (Å²) in [7, 11) is 0. The van der Waals surface area contributed by atoms with Crippen LogP contribution in [0.25, 0.3) is 0 Å². The lowest BCUT2D eigenvalue weighted by Gasteiger charge is -2.39. The van der Waals surface area contributed by atoms with Crippen molar-refractivity contribution in [2.45, 2.75) is 51.0 Å². The van der Waals surface area contributed by atoms with Crippen LogP contribution in [0.2, 0.25) is 0 Å². The van der Waals surface area contributed by atoms with Crippen molar-refractivity contribution < 1.29 is 4.79 Å². The number of nitrogens with zero attached hydrogens (tertiary/aromatic N) is 1. The van der Waals surface area contributed by atoms with Gasteiger partial charge in [0.05, 0.1) is 0 Å². The van der Waals surface area contributed by atoms with Gasteiger partial charge in [0, 0.05) is 24.1 Å². The normalized spacial score (nSPS) is 30.9. The van der Waals surface area contributed by atoms with Crippen molar-refractivity contribution in [1.82, 2.24) is 0 Å². The van der Waals surface area contributed by atoms with Gasteiger partial charge in [0.2, 0.25) is 5.91 Å². The van der Waals surface area contributed by atoms with Gasteiger partial charge in [0.15, 0.2) is 0 Å². The highest BCUT2D eigenvalue weighted by Crippen LogP contribution is 2.51. The maximum absolute atomic E-state index is 11.9. The molecule has 0 spiro atoms. The largest absolute Gasteiger partial charge is 0.308 e. The standard InChI is InChI=1S/C15H19NO/c1-11(17)16-13-8-4-3-7-12(13)15(2)10-6-5-9-14(15)16/h3-4,7-8,14H,5-6,9-10H2,1-2H3. The average molecular weight is 229 g/mol. The van der Waals surface area contributed by atoms with Crippen LogP contribution in [0.4, 0.5) is 5.69 Å². The van der Waals surface area contributed by atoms with Crippen molar-refractivity contribution >= 4 is 11.6 Å². The molecule has 2 heteroatoms. The van der Waals surface area contributed by atoms with Gasteiger partial charge in [0.25, 0.3) is 0 Å². The molecule has 1 aliphatic carbocycles. The lowest BCUT2D eigenvalue weighted by molar-refractivity contribution is -0.117. The molecule has 2 nitrogen and oxygen atoms in total. The number of amides is 1. The Labute approximate surface area is 103 Å². The highest BCUT2D eigenvalue weighted by Gasteiger charge is 2.49. The third kappa shape index (κ3) is 1.36. The van der Waals surface area contributed by atoms with E-state index in [1.165, 1.54) is 24.8 Å². The summed E-state index contributed by atoms with van der Waals surface area (Å²) in [5, 5.41) is 0. The van der Waals surface area contributed by atoms with Crippen LogP contribution in [-0.2, 0) is 10.2 Å². The molecule has 1 aliphatic heterocycles. The Morgan fingerprint density at radius 3 is 2.88 bits per heavy atom. The molecule has 90 valence electrons. The van der Waals surface area contributed by atoms with E-state index < -0.39 is 0 Å². The summed E-state index contributed by atoms with van der Waals surface area (Å²) in [5.41, 5.74) is 2.70. The third-order valence-corrected chi connectivity index (χ3v) is 4.59. The van der Waals surface area contributed by atoms with Crippen molar-refractivity contribution in [3.63, 3.8) is 0 Å². The minimum atomic E-state index is 0.181. The van der Waals surface area contributed by atoms with Crippen molar-refractivity contribution in [1.29, 1.82) is 0 Å². The monoisotopic (exact) mass is 229 g/mol. The van der Waals surface area contributed by atoms with Crippen molar-refractivity contribution in [3.8, 4) is 0 Å². The number of rotatable bonds is 0. The molecule has 0 saturated heterocycles. The minimum absolute atomic E-state index is 0.181. The second kappa shape index (κ2) is 3.59. The summed E-state index contributed by atoms with van der Waals surface area (Å²) >= 11 is 0. The number of carbonyl (C=O) groups excluding carboxylic acids is 1. The Morgan fingerprint density at radius 2 is 2.12 bits per heavy atom. The molecule has 0 N–H and O–H groups in total. The number of hydrogen-bond donors (Lipinski definition) is 0. The summed E-state index contributed by atoms with van der Waals surface area (Å²) in [6, 6.07) is 8.82. The first kappa shape index (κ1) is 10.8. The molecule has 1 heterocycles. The van der Waals surface area contributed by atoms with Gasteiger partial charge in [0.1, 0.15) is 0 Å². The van der Waals surface area contributed by atoms with Crippen LogP contribution in [0, 0.1) is 0 Å². The molecule has 1 aromatic carbocycles. The molecule has 2 unspecified atom stereocenters. The molecule has 1 aromatic rings. The van der Waals surface area contributed by atoms with Gasteiger partial charge in [-0.05, 0) is 24.5 Å². The molecule has 2 aliphatic rings. The van der Waals surface area contributed by atoms with Gasteiger partial charge in [-0.2, -0.15) is 0 Å². The van der Waals surface area contributed by atoms with Crippen LogP contribution in [0.3, 0.4) is 0 Å². The van der Waals surface area contributed by atoms with Crippen LogP contribution in [0.1, 0.15) is 45.1 Å². The van der Waals surface area contributed by atoms with E-state index in [4.69, 9.17) is 0 Å². The molecule has 1 saturated carbocycles. The average Bonchev–Trinajstić information content (AvgIpc) is 2.59. The predicted molar refractivity (Wildman–Crippen MR) is 69.2 cm³/mol. The van der Waals surface area contributed by atoms with Crippen LogP contribution in [0.15, 0.2) is 24.3 Å². The molecule has 0 aromatic heterocycles. The molecule has 0 bridgehead atoms. The van der Waals surface area contributed by atoms with E-state index in [0.717, 1.165) is 12.1 Å². The van der Waals surface area contributed by atoms with Gasteiger partial charge < -0.3 is 4.90 Å². The number of hydrogen-bond acceptors (Lipinski definition) is 1. The fourth-order valence-electron chi connectivity index (χ4n) is 3.77. The summed E-state index contributed by atoms with van der Waals surface area (Å²) < 4.78 is 0. The first-order chi connectivity index (χ1) is 8.14. The van der Waals surface area contributed by atoms with Crippen LogP contribution in [-0.4, -0.2) is 11.9 Å². The summed E-state index contributed by atoms with van der Waals surface area (Å²) in [5.74, 6) is 0.188. The SMILES string of the molecule is CC(=O)N1c2ccccc2C2(C)CCCCC12.